The third-order valence-corrected chi connectivity index (χ3v) is 4.39. The molecule has 134 valence electrons. The highest BCUT2D eigenvalue weighted by Gasteiger charge is 2.41. The molecule has 0 saturated carbocycles. The lowest BCUT2D eigenvalue weighted by molar-refractivity contribution is 0.0507. The van der Waals surface area contributed by atoms with E-state index in [1.807, 2.05) is 6.07 Å². The van der Waals surface area contributed by atoms with Crippen LogP contribution in [0, 0.1) is 0 Å². The molecule has 7 heteroatoms. The number of hydrogen-bond donors (Lipinski definition) is 2. The minimum atomic E-state index is -0.612. The van der Waals surface area contributed by atoms with Crippen LogP contribution < -0.4 is 10.6 Å². The van der Waals surface area contributed by atoms with E-state index in [0.717, 1.165) is 4.47 Å². The number of urea groups is 1. The molecule has 3 rings (SSSR count). The van der Waals surface area contributed by atoms with Gasteiger partial charge in [0.2, 0.25) is 0 Å². The highest BCUT2D eigenvalue weighted by molar-refractivity contribution is 9.10. The zero-order valence-electron chi connectivity index (χ0n) is 14.6. The van der Waals surface area contributed by atoms with Crippen molar-refractivity contribution in [3.8, 4) is 0 Å². The molecule has 26 heavy (non-hydrogen) atoms. The summed E-state index contributed by atoms with van der Waals surface area (Å²) in [6.07, 6.45) is 0. The number of carbonyl (C=O) groups is 3. The Kier molecular flexibility index (Phi) is 4.58. The highest BCUT2D eigenvalue weighted by Crippen LogP contribution is 2.31. The summed E-state index contributed by atoms with van der Waals surface area (Å²) in [5.74, 6) is -0.670. The van der Waals surface area contributed by atoms with E-state index in [-0.39, 0.29) is 11.8 Å². The predicted molar refractivity (Wildman–Crippen MR) is 103 cm³/mol. The molecule has 0 radical (unpaired) electrons. The Morgan fingerprint density at radius 1 is 0.923 bits per heavy atom. The fourth-order valence-electron chi connectivity index (χ4n) is 2.79. The fourth-order valence-corrected chi connectivity index (χ4v) is 3.19. The first kappa shape index (κ1) is 18.1. The average Bonchev–Trinajstić information content (AvgIpc) is 2.78. The quantitative estimate of drug-likeness (QED) is 0.709. The van der Waals surface area contributed by atoms with Crippen molar-refractivity contribution in [2.45, 2.75) is 26.3 Å². The van der Waals surface area contributed by atoms with Gasteiger partial charge >= 0.3 is 6.03 Å². The van der Waals surface area contributed by atoms with E-state index in [0.29, 0.717) is 22.5 Å². The molecule has 0 saturated heterocycles. The summed E-state index contributed by atoms with van der Waals surface area (Å²) in [5, 5.41) is 5.39. The van der Waals surface area contributed by atoms with E-state index < -0.39 is 11.6 Å². The second-order valence-electron chi connectivity index (χ2n) is 6.97. The molecule has 0 unspecified atom stereocenters. The number of nitrogens with one attached hydrogen (secondary N) is 2. The van der Waals surface area contributed by atoms with Gasteiger partial charge in [0, 0.05) is 21.4 Å². The van der Waals surface area contributed by atoms with Gasteiger partial charge in [-0.3, -0.25) is 14.5 Å². The van der Waals surface area contributed by atoms with Crippen molar-refractivity contribution in [2.24, 2.45) is 0 Å². The number of halogens is 1. The van der Waals surface area contributed by atoms with E-state index in [4.69, 9.17) is 0 Å². The van der Waals surface area contributed by atoms with Gasteiger partial charge in [-0.1, -0.05) is 22.0 Å². The molecule has 2 N–H and O–H groups in total. The SMILES string of the molecule is CC(C)(C)N1C(=O)c2ccc(NC(=O)Nc3cccc(Br)c3)cc2C1=O. The van der Waals surface area contributed by atoms with Gasteiger partial charge in [0.15, 0.2) is 0 Å². The van der Waals surface area contributed by atoms with Crippen molar-refractivity contribution in [2.75, 3.05) is 10.6 Å². The zero-order chi connectivity index (χ0) is 19.1. The van der Waals surface area contributed by atoms with Crippen LogP contribution in [0.3, 0.4) is 0 Å². The third kappa shape index (κ3) is 3.48. The number of carbonyl (C=O) groups excluding carboxylic acids is 3. The largest absolute Gasteiger partial charge is 0.323 e. The smallest absolute Gasteiger partial charge is 0.308 e. The monoisotopic (exact) mass is 415 g/mol. The maximum absolute atomic E-state index is 12.6. The number of fused-ring (bicyclic) bond motifs is 1. The summed E-state index contributed by atoms with van der Waals surface area (Å²) < 4.78 is 0.846. The summed E-state index contributed by atoms with van der Waals surface area (Å²) in [6, 6.07) is 11.5. The summed E-state index contributed by atoms with van der Waals surface area (Å²) in [7, 11) is 0. The van der Waals surface area contributed by atoms with Gasteiger partial charge in [0.25, 0.3) is 11.8 Å². The first-order chi connectivity index (χ1) is 12.2. The van der Waals surface area contributed by atoms with Crippen molar-refractivity contribution in [3.05, 3.63) is 58.1 Å². The Balaban J connectivity index is 1.79. The molecule has 0 bridgehead atoms. The standard InChI is InChI=1S/C19H18BrN3O3/c1-19(2,3)23-16(24)14-8-7-13(10-15(14)17(23)25)22-18(26)21-12-6-4-5-11(20)9-12/h4-10H,1-3H3,(H2,21,22,26). The summed E-state index contributed by atoms with van der Waals surface area (Å²) >= 11 is 3.34. The first-order valence-corrected chi connectivity index (χ1v) is 8.82. The fraction of sp³-hybridized carbons (Fsp3) is 0.211. The van der Waals surface area contributed by atoms with Gasteiger partial charge in [0.05, 0.1) is 11.1 Å². The van der Waals surface area contributed by atoms with Crippen LogP contribution in [0.4, 0.5) is 16.2 Å². The maximum atomic E-state index is 12.6. The number of hydrogen-bond acceptors (Lipinski definition) is 3. The Morgan fingerprint density at radius 3 is 2.15 bits per heavy atom. The summed E-state index contributed by atoms with van der Waals surface area (Å²) in [5.41, 5.74) is 1.10. The summed E-state index contributed by atoms with van der Waals surface area (Å²) in [4.78, 5) is 38.5. The molecule has 0 spiro atoms. The van der Waals surface area contributed by atoms with Crippen LogP contribution >= 0.6 is 15.9 Å². The lowest BCUT2D eigenvalue weighted by Gasteiger charge is -2.29. The van der Waals surface area contributed by atoms with Crippen molar-refractivity contribution in [1.82, 2.24) is 4.90 Å². The van der Waals surface area contributed by atoms with Crippen molar-refractivity contribution < 1.29 is 14.4 Å². The zero-order valence-corrected chi connectivity index (χ0v) is 16.2. The molecule has 1 aliphatic rings. The number of rotatable bonds is 2. The molecule has 2 aromatic rings. The lowest BCUT2D eigenvalue weighted by Crippen LogP contribution is -2.45. The van der Waals surface area contributed by atoms with Crippen molar-refractivity contribution in [1.29, 1.82) is 0 Å². The second-order valence-corrected chi connectivity index (χ2v) is 7.88. The first-order valence-electron chi connectivity index (χ1n) is 8.03. The number of imide groups is 1. The summed E-state index contributed by atoms with van der Waals surface area (Å²) in [6.45, 7) is 5.41. The third-order valence-electron chi connectivity index (χ3n) is 3.90. The molecule has 1 heterocycles. The van der Waals surface area contributed by atoms with Crippen LogP contribution in [0.5, 0.6) is 0 Å². The van der Waals surface area contributed by atoms with Crippen LogP contribution in [0.2, 0.25) is 0 Å². The molecule has 4 amide bonds. The van der Waals surface area contributed by atoms with Crippen LogP contribution in [0.1, 0.15) is 41.5 Å². The molecule has 0 aromatic heterocycles. The van der Waals surface area contributed by atoms with Gasteiger partial charge in [-0.25, -0.2) is 4.79 Å². The Bertz CT molecular complexity index is 918. The topological polar surface area (TPSA) is 78.5 Å². The predicted octanol–water partition coefficient (Wildman–Crippen LogP) is 4.49. The highest BCUT2D eigenvalue weighted by atomic mass is 79.9. The van der Waals surface area contributed by atoms with Gasteiger partial charge in [0.1, 0.15) is 0 Å². The molecular formula is C19H18BrN3O3. The second kappa shape index (κ2) is 6.57. The minimum absolute atomic E-state index is 0.296. The lowest BCUT2D eigenvalue weighted by atomic mass is 10.1. The van der Waals surface area contributed by atoms with Gasteiger partial charge in [-0.2, -0.15) is 0 Å². The molecule has 1 aliphatic heterocycles. The number of benzene rings is 2. The van der Waals surface area contributed by atoms with E-state index in [1.165, 1.54) is 11.0 Å². The van der Waals surface area contributed by atoms with E-state index >= 15 is 0 Å². The van der Waals surface area contributed by atoms with Gasteiger partial charge in [-0.15, -0.1) is 0 Å². The molecular weight excluding hydrogens is 398 g/mol. The van der Waals surface area contributed by atoms with Crippen molar-refractivity contribution in [3.63, 3.8) is 0 Å². The van der Waals surface area contributed by atoms with Gasteiger partial charge in [-0.05, 0) is 57.2 Å². The van der Waals surface area contributed by atoms with Crippen molar-refractivity contribution >= 4 is 45.2 Å². The molecule has 0 fully saturated rings. The minimum Gasteiger partial charge on any atom is -0.308 e. The van der Waals surface area contributed by atoms with Crippen LogP contribution in [0.15, 0.2) is 46.9 Å². The number of amides is 4. The van der Waals surface area contributed by atoms with E-state index in [9.17, 15) is 14.4 Å². The Morgan fingerprint density at radius 2 is 1.54 bits per heavy atom. The number of anilines is 2. The number of nitrogens with zero attached hydrogens (tertiary/aromatic N) is 1. The average molecular weight is 416 g/mol. The Labute approximate surface area is 159 Å². The molecule has 0 aliphatic carbocycles. The van der Waals surface area contributed by atoms with E-state index in [2.05, 4.69) is 26.6 Å². The molecule has 6 nitrogen and oxygen atoms in total. The van der Waals surface area contributed by atoms with Crippen LogP contribution in [0.25, 0.3) is 0 Å². The van der Waals surface area contributed by atoms with Gasteiger partial charge < -0.3 is 10.6 Å². The molecule has 2 aromatic carbocycles. The van der Waals surface area contributed by atoms with Crippen LogP contribution in [-0.4, -0.2) is 28.3 Å². The van der Waals surface area contributed by atoms with Crippen LogP contribution in [-0.2, 0) is 0 Å². The van der Waals surface area contributed by atoms with E-state index in [1.54, 1.807) is 51.1 Å². The molecule has 0 atom stereocenters. The normalized spacial score (nSPS) is 13.6. The maximum Gasteiger partial charge on any atom is 0.323 e. The Hall–Kier alpha value is -2.67.